The minimum atomic E-state index is -0.168. The molecule has 1 aliphatic heterocycles. The Balaban J connectivity index is 1.38. The lowest BCUT2D eigenvalue weighted by atomic mass is 10.0. The summed E-state index contributed by atoms with van der Waals surface area (Å²) < 4.78 is 5.22. The van der Waals surface area contributed by atoms with E-state index in [0.717, 1.165) is 57.0 Å². The molecule has 2 aromatic rings. The highest BCUT2D eigenvalue weighted by atomic mass is 16.3. The number of furan rings is 1. The number of amides is 1. The summed E-state index contributed by atoms with van der Waals surface area (Å²) in [7, 11) is 0. The molecule has 1 aromatic heterocycles. The van der Waals surface area contributed by atoms with Crippen molar-refractivity contribution in [1.82, 2.24) is 20.9 Å². The van der Waals surface area contributed by atoms with Gasteiger partial charge in [0.2, 0.25) is 0 Å². The number of piperidine rings is 1. The molecule has 3 N–H and O–H groups in total. The maximum absolute atomic E-state index is 12.1. The van der Waals surface area contributed by atoms with E-state index in [0.29, 0.717) is 24.9 Å². The third-order valence-corrected chi connectivity index (χ3v) is 5.89. The Morgan fingerprint density at radius 3 is 2.59 bits per heavy atom. The Hall–Kier alpha value is -2.80. The molecule has 1 fully saturated rings. The van der Waals surface area contributed by atoms with E-state index in [2.05, 4.69) is 64.0 Å². The van der Waals surface area contributed by atoms with Gasteiger partial charge in [-0.15, -0.1) is 0 Å². The fourth-order valence-electron chi connectivity index (χ4n) is 3.93. The van der Waals surface area contributed by atoms with Gasteiger partial charge < -0.3 is 20.4 Å². The van der Waals surface area contributed by atoms with E-state index >= 15 is 0 Å². The van der Waals surface area contributed by atoms with E-state index in [1.807, 2.05) is 6.92 Å². The molecular weight excluding hydrogens is 402 g/mol. The molecule has 0 spiro atoms. The lowest BCUT2D eigenvalue weighted by Gasteiger charge is -2.33. The molecule has 1 saturated heterocycles. The van der Waals surface area contributed by atoms with Gasteiger partial charge in [-0.25, -0.2) is 0 Å². The van der Waals surface area contributed by atoms with Gasteiger partial charge in [0.15, 0.2) is 11.7 Å². The van der Waals surface area contributed by atoms with E-state index in [9.17, 15) is 4.79 Å². The molecule has 0 bridgehead atoms. The second kappa shape index (κ2) is 12.3. The molecule has 1 aromatic carbocycles. The maximum atomic E-state index is 12.1. The van der Waals surface area contributed by atoms with Gasteiger partial charge >= 0.3 is 0 Å². The summed E-state index contributed by atoms with van der Waals surface area (Å²) in [6.07, 6.45) is 4.52. The second-order valence-electron chi connectivity index (χ2n) is 8.42. The van der Waals surface area contributed by atoms with Gasteiger partial charge in [-0.3, -0.25) is 14.7 Å². The van der Waals surface area contributed by atoms with Crippen molar-refractivity contribution in [3.05, 3.63) is 59.0 Å². The van der Waals surface area contributed by atoms with Gasteiger partial charge in [-0.1, -0.05) is 24.3 Å². The second-order valence-corrected chi connectivity index (χ2v) is 8.42. The van der Waals surface area contributed by atoms with E-state index in [1.54, 1.807) is 6.07 Å². The molecule has 0 saturated carbocycles. The van der Waals surface area contributed by atoms with Crippen molar-refractivity contribution in [2.75, 3.05) is 32.7 Å². The van der Waals surface area contributed by atoms with Gasteiger partial charge in [0, 0.05) is 50.9 Å². The van der Waals surface area contributed by atoms with Crippen LogP contribution in [0, 0.1) is 13.8 Å². The number of aliphatic imine (C=N–C) groups is 1. The minimum absolute atomic E-state index is 0.168. The summed E-state index contributed by atoms with van der Waals surface area (Å²) in [6, 6.07) is 10.9. The van der Waals surface area contributed by atoms with Gasteiger partial charge in [0.25, 0.3) is 5.91 Å². The van der Waals surface area contributed by atoms with E-state index in [-0.39, 0.29) is 5.91 Å². The minimum Gasteiger partial charge on any atom is -0.459 e. The molecule has 0 radical (unpaired) electrons. The number of nitrogens with zero attached hydrogens (tertiary/aromatic N) is 2. The first kappa shape index (κ1) is 23.9. The fraction of sp³-hybridized carbons (Fsp3) is 0.520. The zero-order valence-electron chi connectivity index (χ0n) is 19.6. The maximum Gasteiger partial charge on any atom is 0.287 e. The molecular formula is C25H37N5O2. The predicted octanol–water partition coefficient (Wildman–Crippen LogP) is 3.24. The van der Waals surface area contributed by atoms with Gasteiger partial charge in [0.05, 0.1) is 6.26 Å². The monoisotopic (exact) mass is 439 g/mol. The number of hydrogen-bond donors (Lipinski definition) is 3. The zero-order chi connectivity index (χ0) is 22.8. The van der Waals surface area contributed by atoms with Crippen molar-refractivity contribution in [2.45, 2.75) is 52.6 Å². The Kier molecular flexibility index (Phi) is 9.16. The molecule has 1 amide bonds. The van der Waals surface area contributed by atoms with Crippen LogP contribution in [0.2, 0.25) is 0 Å². The molecule has 174 valence electrons. The molecule has 3 rings (SSSR count). The highest BCUT2D eigenvalue weighted by molar-refractivity contribution is 5.92. The van der Waals surface area contributed by atoms with Gasteiger partial charge in [0.1, 0.15) is 0 Å². The first-order valence-electron chi connectivity index (χ1n) is 11.7. The highest BCUT2D eigenvalue weighted by Crippen LogP contribution is 2.16. The van der Waals surface area contributed by atoms with Crippen LogP contribution in [0.15, 0.2) is 46.0 Å². The molecule has 0 atom stereocenters. The first-order chi connectivity index (χ1) is 15.6. The van der Waals surface area contributed by atoms with Crippen LogP contribution >= 0.6 is 0 Å². The van der Waals surface area contributed by atoms with Gasteiger partial charge in [-0.2, -0.15) is 0 Å². The van der Waals surface area contributed by atoms with Crippen LogP contribution in [-0.4, -0.2) is 55.5 Å². The molecule has 1 aliphatic rings. The number of benzene rings is 1. The van der Waals surface area contributed by atoms with Crippen molar-refractivity contribution in [3.8, 4) is 0 Å². The quantitative estimate of drug-likeness (QED) is 0.317. The van der Waals surface area contributed by atoms with Crippen LogP contribution in [0.25, 0.3) is 0 Å². The number of hydrogen-bond acceptors (Lipinski definition) is 4. The Morgan fingerprint density at radius 1 is 1.12 bits per heavy atom. The summed E-state index contributed by atoms with van der Waals surface area (Å²) in [4.78, 5) is 19.3. The highest BCUT2D eigenvalue weighted by Gasteiger charge is 2.20. The average molecular weight is 440 g/mol. The van der Waals surface area contributed by atoms with Crippen molar-refractivity contribution in [2.24, 2.45) is 4.99 Å². The van der Waals surface area contributed by atoms with Crippen molar-refractivity contribution >= 4 is 11.9 Å². The topological polar surface area (TPSA) is 81.9 Å². The largest absolute Gasteiger partial charge is 0.459 e. The molecule has 7 heteroatoms. The van der Waals surface area contributed by atoms with Crippen LogP contribution in [0.1, 0.15) is 53.4 Å². The lowest BCUT2D eigenvalue weighted by molar-refractivity contribution is 0.0925. The third-order valence-electron chi connectivity index (χ3n) is 5.89. The predicted molar refractivity (Wildman–Crippen MR) is 129 cm³/mol. The summed E-state index contributed by atoms with van der Waals surface area (Å²) in [5.74, 6) is 1.08. The fourth-order valence-corrected chi connectivity index (χ4v) is 3.93. The third kappa shape index (κ3) is 7.12. The van der Waals surface area contributed by atoms with E-state index in [4.69, 9.17) is 4.42 Å². The zero-order valence-corrected chi connectivity index (χ0v) is 19.6. The average Bonchev–Trinajstić information content (AvgIpc) is 3.22. The number of aryl methyl sites for hydroxylation is 2. The van der Waals surface area contributed by atoms with Crippen LogP contribution in [-0.2, 0) is 6.54 Å². The summed E-state index contributed by atoms with van der Waals surface area (Å²) in [5.41, 5.74) is 3.64. The Bertz CT molecular complexity index is 884. The number of nitrogens with one attached hydrogen (secondary N) is 3. The normalized spacial score (nSPS) is 15.5. The standard InChI is InChI=1S/C25H37N5O2/c1-4-26-25(28-14-7-13-27-24(31)23-20(3)12-17-32-23)29-22-10-15-30(16-11-22)18-21-9-6-5-8-19(21)2/h5-6,8-9,12,17,22H,4,7,10-11,13-16,18H2,1-3H3,(H,27,31)(H2,26,28,29). The number of likely N-dealkylation sites (tertiary alicyclic amines) is 1. The Morgan fingerprint density at radius 2 is 1.91 bits per heavy atom. The van der Waals surface area contributed by atoms with Gasteiger partial charge in [-0.05, 0) is 57.2 Å². The van der Waals surface area contributed by atoms with Crippen LogP contribution < -0.4 is 16.0 Å². The van der Waals surface area contributed by atoms with Crippen LogP contribution in [0.5, 0.6) is 0 Å². The molecule has 2 heterocycles. The summed E-state index contributed by atoms with van der Waals surface area (Å²) in [6.45, 7) is 11.4. The lowest BCUT2D eigenvalue weighted by Crippen LogP contribution is -2.48. The number of carbonyl (C=O) groups excluding carboxylic acids is 1. The SMILES string of the molecule is CCNC(=NCCCNC(=O)c1occc1C)NC1CCN(Cc2ccccc2C)CC1. The smallest absolute Gasteiger partial charge is 0.287 e. The molecule has 0 unspecified atom stereocenters. The molecule has 7 nitrogen and oxygen atoms in total. The Labute approximate surface area is 191 Å². The summed E-state index contributed by atoms with van der Waals surface area (Å²) in [5, 5.41) is 9.83. The van der Waals surface area contributed by atoms with Crippen LogP contribution in [0.4, 0.5) is 0 Å². The summed E-state index contributed by atoms with van der Waals surface area (Å²) >= 11 is 0. The molecule has 32 heavy (non-hydrogen) atoms. The molecule has 0 aliphatic carbocycles. The first-order valence-corrected chi connectivity index (χ1v) is 11.7. The van der Waals surface area contributed by atoms with Crippen LogP contribution in [0.3, 0.4) is 0 Å². The van der Waals surface area contributed by atoms with E-state index < -0.39 is 0 Å². The number of carbonyl (C=O) groups is 1. The van der Waals surface area contributed by atoms with Crippen molar-refractivity contribution in [1.29, 1.82) is 0 Å². The van der Waals surface area contributed by atoms with Crippen molar-refractivity contribution in [3.63, 3.8) is 0 Å². The number of guanidine groups is 1. The van der Waals surface area contributed by atoms with E-state index in [1.165, 1.54) is 17.4 Å². The number of rotatable bonds is 9. The van der Waals surface area contributed by atoms with Crippen molar-refractivity contribution < 1.29 is 9.21 Å².